The monoisotopic (exact) mass is 266 g/mol. The van der Waals surface area contributed by atoms with Crippen molar-refractivity contribution in [1.29, 1.82) is 0 Å². The Balaban J connectivity index is 2.00. The molecular formula is C13H15ClN2O2. The molecule has 0 aliphatic carbocycles. The van der Waals surface area contributed by atoms with E-state index in [9.17, 15) is 5.11 Å². The third kappa shape index (κ3) is 3.24. The van der Waals surface area contributed by atoms with Gasteiger partial charge in [0.25, 0.3) is 0 Å². The van der Waals surface area contributed by atoms with Gasteiger partial charge in [0, 0.05) is 23.0 Å². The lowest BCUT2D eigenvalue weighted by Gasteiger charge is -2.13. The molecule has 1 aromatic heterocycles. The first kappa shape index (κ1) is 12.9. The minimum atomic E-state index is -0.608. The smallest absolute Gasteiger partial charge is 0.125 e. The fourth-order valence-corrected chi connectivity index (χ4v) is 1.84. The van der Waals surface area contributed by atoms with Gasteiger partial charge in [-0.1, -0.05) is 11.6 Å². The fourth-order valence-electron chi connectivity index (χ4n) is 1.66. The third-order valence-electron chi connectivity index (χ3n) is 2.56. The molecule has 4 nitrogen and oxygen atoms in total. The molecule has 0 saturated heterocycles. The normalized spacial score (nSPS) is 12.4. The van der Waals surface area contributed by atoms with Gasteiger partial charge in [0.1, 0.15) is 12.4 Å². The van der Waals surface area contributed by atoms with E-state index in [1.54, 1.807) is 36.0 Å². The van der Waals surface area contributed by atoms with Crippen LogP contribution in [0, 0.1) is 0 Å². The van der Waals surface area contributed by atoms with Gasteiger partial charge in [-0.05, 0) is 31.2 Å². The van der Waals surface area contributed by atoms with Crippen molar-refractivity contribution in [2.75, 3.05) is 6.61 Å². The molecule has 0 radical (unpaired) electrons. The van der Waals surface area contributed by atoms with Gasteiger partial charge in [-0.25, -0.2) is 0 Å². The van der Waals surface area contributed by atoms with Crippen molar-refractivity contribution in [1.82, 2.24) is 9.78 Å². The van der Waals surface area contributed by atoms with Crippen molar-refractivity contribution in [2.45, 2.75) is 19.6 Å². The molecule has 2 rings (SSSR count). The van der Waals surface area contributed by atoms with Crippen LogP contribution in [0.3, 0.4) is 0 Å². The van der Waals surface area contributed by atoms with E-state index in [-0.39, 0.29) is 0 Å². The molecule has 1 atom stereocenters. The standard InChI is InChI=1S/C13H15ClN2O2/c1-10(17)12-9-11(14)3-4-13(12)18-8-7-16-6-2-5-15-16/h2-6,9-10,17H,7-8H2,1H3. The van der Waals surface area contributed by atoms with E-state index in [1.807, 2.05) is 12.3 Å². The van der Waals surface area contributed by atoms with Crippen LogP contribution >= 0.6 is 11.6 Å². The molecule has 0 spiro atoms. The molecule has 1 aromatic carbocycles. The summed E-state index contributed by atoms with van der Waals surface area (Å²) in [4.78, 5) is 0. The van der Waals surface area contributed by atoms with Crippen molar-refractivity contribution >= 4 is 11.6 Å². The number of ether oxygens (including phenoxy) is 1. The zero-order chi connectivity index (χ0) is 13.0. The van der Waals surface area contributed by atoms with Crippen molar-refractivity contribution < 1.29 is 9.84 Å². The number of hydrogen-bond donors (Lipinski definition) is 1. The number of benzene rings is 1. The van der Waals surface area contributed by atoms with Crippen LogP contribution in [0.2, 0.25) is 5.02 Å². The van der Waals surface area contributed by atoms with Crippen molar-refractivity contribution in [2.24, 2.45) is 0 Å². The Bertz CT molecular complexity index is 498. The first-order valence-electron chi connectivity index (χ1n) is 5.74. The second-order valence-electron chi connectivity index (χ2n) is 3.98. The van der Waals surface area contributed by atoms with Gasteiger partial charge in [0.15, 0.2) is 0 Å². The van der Waals surface area contributed by atoms with Crippen molar-refractivity contribution in [3.05, 3.63) is 47.2 Å². The van der Waals surface area contributed by atoms with E-state index < -0.39 is 6.10 Å². The molecule has 0 bridgehead atoms. The molecular weight excluding hydrogens is 252 g/mol. The van der Waals surface area contributed by atoms with E-state index in [1.165, 1.54) is 0 Å². The number of nitrogens with zero attached hydrogens (tertiary/aromatic N) is 2. The second-order valence-corrected chi connectivity index (χ2v) is 4.41. The minimum absolute atomic E-state index is 0.489. The van der Waals surface area contributed by atoms with Gasteiger partial charge in [0.2, 0.25) is 0 Å². The average Bonchev–Trinajstić information content (AvgIpc) is 2.84. The molecule has 0 amide bonds. The van der Waals surface area contributed by atoms with Crippen LogP contribution in [0.5, 0.6) is 5.75 Å². The van der Waals surface area contributed by atoms with Crippen LogP contribution < -0.4 is 4.74 Å². The molecule has 0 aliphatic heterocycles. The molecule has 0 fully saturated rings. The molecule has 2 aromatic rings. The quantitative estimate of drug-likeness (QED) is 0.905. The lowest BCUT2D eigenvalue weighted by Crippen LogP contribution is -2.09. The van der Waals surface area contributed by atoms with Crippen LogP contribution in [-0.4, -0.2) is 21.5 Å². The largest absolute Gasteiger partial charge is 0.491 e. The van der Waals surface area contributed by atoms with Crippen LogP contribution in [0.4, 0.5) is 0 Å². The number of halogens is 1. The number of aliphatic hydroxyl groups is 1. The summed E-state index contributed by atoms with van der Waals surface area (Å²) in [5, 5.41) is 14.3. The molecule has 18 heavy (non-hydrogen) atoms. The Morgan fingerprint density at radius 3 is 3.00 bits per heavy atom. The Morgan fingerprint density at radius 2 is 2.33 bits per heavy atom. The molecule has 1 heterocycles. The number of rotatable bonds is 5. The van der Waals surface area contributed by atoms with Gasteiger partial charge in [-0.15, -0.1) is 0 Å². The van der Waals surface area contributed by atoms with E-state index in [0.717, 1.165) is 0 Å². The van der Waals surface area contributed by atoms with Crippen molar-refractivity contribution in [3.63, 3.8) is 0 Å². The highest BCUT2D eigenvalue weighted by Crippen LogP contribution is 2.28. The maximum absolute atomic E-state index is 9.66. The lowest BCUT2D eigenvalue weighted by molar-refractivity contribution is 0.190. The van der Waals surface area contributed by atoms with E-state index in [0.29, 0.717) is 29.5 Å². The third-order valence-corrected chi connectivity index (χ3v) is 2.79. The number of hydrogen-bond acceptors (Lipinski definition) is 3. The number of aromatic nitrogens is 2. The van der Waals surface area contributed by atoms with Gasteiger partial charge < -0.3 is 9.84 Å². The highest BCUT2D eigenvalue weighted by molar-refractivity contribution is 6.30. The summed E-state index contributed by atoms with van der Waals surface area (Å²) >= 11 is 5.90. The summed E-state index contributed by atoms with van der Waals surface area (Å²) in [5.74, 6) is 0.654. The summed E-state index contributed by atoms with van der Waals surface area (Å²) in [6.07, 6.45) is 2.99. The second kappa shape index (κ2) is 5.89. The average molecular weight is 267 g/mol. The van der Waals surface area contributed by atoms with Crippen LogP contribution in [0.15, 0.2) is 36.7 Å². The first-order chi connectivity index (χ1) is 8.66. The Hall–Kier alpha value is -1.52. The molecule has 1 unspecified atom stereocenters. The maximum Gasteiger partial charge on any atom is 0.125 e. The lowest BCUT2D eigenvalue weighted by atomic mass is 10.1. The zero-order valence-corrected chi connectivity index (χ0v) is 10.8. The summed E-state index contributed by atoms with van der Waals surface area (Å²) in [7, 11) is 0. The van der Waals surface area contributed by atoms with Gasteiger partial charge in [0.05, 0.1) is 12.6 Å². The molecule has 0 saturated carbocycles. The predicted molar refractivity (Wildman–Crippen MR) is 69.8 cm³/mol. The van der Waals surface area contributed by atoms with Gasteiger partial charge in [-0.3, -0.25) is 4.68 Å². The molecule has 5 heteroatoms. The van der Waals surface area contributed by atoms with Crippen LogP contribution in [0.1, 0.15) is 18.6 Å². The number of aliphatic hydroxyl groups excluding tert-OH is 1. The summed E-state index contributed by atoms with van der Waals surface area (Å²) in [5.41, 5.74) is 0.697. The summed E-state index contributed by atoms with van der Waals surface area (Å²) in [6.45, 7) is 2.84. The first-order valence-corrected chi connectivity index (χ1v) is 6.12. The fraction of sp³-hybridized carbons (Fsp3) is 0.308. The highest BCUT2D eigenvalue weighted by atomic mass is 35.5. The van der Waals surface area contributed by atoms with Gasteiger partial charge in [-0.2, -0.15) is 5.10 Å². The van der Waals surface area contributed by atoms with E-state index in [4.69, 9.17) is 16.3 Å². The topological polar surface area (TPSA) is 47.3 Å². The Labute approximate surface area is 111 Å². The summed E-state index contributed by atoms with van der Waals surface area (Å²) < 4.78 is 7.44. The minimum Gasteiger partial charge on any atom is -0.491 e. The molecule has 1 N–H and O–H groups in total. The Kier molecular flexibility index (Phi) is 4.23. The molecule has 0 aliphatic rings. The predicted octanol–water partition coefficient (Wildman–Crippen LogP) is 2.67. The highest BCUT2D eigenvalue weighted by Gasteiger charge is 2.09. The SMILES string of the molecule is CC(O)c1cc(Cl)ccc1OCCn1cccn1. The van der Waals surface area contributed by atoms with Gasteiger partial charge >= 0.3 is 0 Å². The summed E-state index contributed by atoms with van der Waals surface area (Å²) in [6, 6.07) is 7.10. The Morgan fingerprint density at radius 1 is 1.50 bits per heavy atom. The van der Waals surface area contributed by atoms with Crippen LogP contribution in [0.25, 0.3) is 0 Å². The molecule has 96 valence electrons. The van der Waals surface area contributed by atoms with Crippen LogP contribution in [-0.2, 0) is 6.54 Å². The van der Waals surface area contributed by atoms with E-state index in [2.05, 4.69) is 5.10 Å². The van der Waals surface area contributed by atoms with Crippen molar-refractivity contribution in [3.8, 4) is 5.75 Å². The zero-order valence-electron chi connectivity index (χ0n) is 10.1. The maximum atomic E-state index is 9.66. The van der Waals surface area contributed by atoms with E-state index >= 15 is 0 Å².